The van der Waals surface area contributed by atoms with Gasteiger partial charge in [-0.3, -0.25) is 29.4 Å². The monoisotopic (exact) mass is 650 g/mol. The summed E-state index contributed by atoms with van der Waals surface area (Å²) in [4.78, 5) is 77.3. The van der Waals surface area contributed by atoms with Gasteiger partial charge >= 0.3 is 12.1 Å². The summed E-state index contributed by atoms with van der Waals surface area (Å²) < 4.78 is 11.5. The van der Waals surface area contributed by atoms with Crippen LogP contribution in [0.2, 0.25) is 18.1 Å². The van der Waals surface area contributed by atoms with Gasteiger partial charge in [0.2, 0.25) is 11.8 Å². The van der Waals surface area contributed by atoms with Crippen molar-refractivity contribution in [2.75, 3.05) is 20.6 Å². The summed E-state index contributed by atoms with van der Waals surface area (Å²) in [7, 11) is 0.914. The number of amides is 3. The third kappa shape index (κ3) is 7.67. The van der Waals surface area contributed by atoms with E-state index >= 15 is 0 Å². The smallest absolute Gasteiger partial charge is 0.413 e. The van der Waals surface area contributed by atoms with Gasteiger partial charge < -0.3 is 19.4 Å². The van der Waals surface area contributed by atoms with Crippen molar-refractivity contribution in [1.29, 1.82) is 0 Å². The largest absolute Gasteiger partial charge is 0.418 e. The fraction of sp³-hybridized carbons (Fsp3) is 0.621. The zero-order valence-electron chi connectivity index (χ0n) is 26.6. The number of non-ortho nitro benzene ring substituents is 1. The Morgan fingerprint density at radius 2 is 1.73 bits per heavy atom. The number of nitro benzene ring substituents is 1. The van der Waals surface area contributed by atoms with Crippen LogP contribution in [-0.4, -0.2) is 96.1 Å². The molecule has 0 bridgehead atoms. The van der Waals surface area contributed by atoms with Crippen LogP contribution >= 0.6 is 11.8 Å². The molecule has 44 heavy (non-hydrogen) atoms. The molecule has 0 aliphatic carbocycles. The topological polar surface area (TPSA) is 165 Å². The van der Waals surface area contributed by atoms with E-state index in [0.717, 1.165) is 28.8 Å². The van der Waals surface area contributed by atoms with Gasteiger partial charge in [-0.05, 0) is 43.6 Å². The normalized spacial score (nSPS) is 23.2. The lowest BCUT2D eigenvalue weighted by atomic mass is 9.79. The molecule has 0 saturated carbocycles. The third-order valence-electron chi connectivity index (χ3n) is 8.70. The number of β-lactam (4-membered cyclic amide) rings is 1. The molecule has 15 heteroatoms. The van der Waals surface area contributed by atoms with E-state index in [1.54, 1.807) is 6.92 Å². The second-order valence-electron chi connectivity index (χ2n) is 13.1. The summed E-state index contributed by atoms with van der Waals surface area (Å²) in [6.07, 6.45) is -1.27. The van der Waals surface area contributed by atoms with Crippen molar-refractivity contribution < 1.29 is 38.1 Å². The molecule has 2 fully saturated rings. The fourth-order valence-corrected chi connectivity index (χ4v) is 7.66. The van der Waals surface area contributed by atoms with Crippen LogP contribution in [0.4, 0.5) is 10.5 Å². The minimum absolute atomic E-state index is 0.0227. The first-order chi connectivity index (χ1) is 20.2. The molecule has 2 aliphatic rings. The number of carbonyl (C=O) groups excluding carboxylic acids is 5. The molecule has 1 aromatic rings. The number of hydrogen-bond acceptors (Lipinski definition) is 10. The molecule has 0 unspecified atom stereocenters. The highest BCUT2D eigenvalue weighted by atomic mass is 32.2. The van der Waals surface area contributed by atoms with Crippen LogP contribution in [0.3, 0.4) is 0 Å². The molecule has 0 aromatic heterocycles. The van der Waals surface area contributed by atoms with Crippen LogP contribution < -0.4 is 5.32 Å². The van der Waals surface area contributed by atoms with Crippen LogP contribution in [0, 0.1) is 22.0 Å². The molecule has 6 atom stereocenters. The fourth-order valence-electron chi connectivity index (χ4n) is 5.02. The number of likely N-dealkylation sites (N-methyl/N-ethyl adjacent to an activating group) is 1. The van der Waals surface area contributed by atoms with Crippen LogP contribution in [-0.2, 0) is 23.5 Å². The molecular weight excluding hydrogens is 608 g/mol. The van der Waals surface area contributed by atoms with E-state index in [0.29, 0.717) is 0 Å². The lowest BCUT2D eigenvalue weighted by molar-refractivity contribution is -0.384. The Morgan fingerprint density at radius 1 is 1.14 bits per heavy atom. The highest BCUT2D eigenvalue weighted by Gasteiger charge is 2.51. The minimum atomic E-state index is -2.16. The number of thioether (sulfide) groups is 1. The molecule has 3 rings (SSSR count). The van der Waals surface area contributed by atoms with Gasteiger partial charge in [-0.25, -0.2) is 9.59 Å². The summed E-state index contributed by atoms with van der Waals surface area (Å²) in [6, 6.07) is 3.20. The molecule has 13 nitrogen and oxygen atoms in total. The third-order valence-corrected chi connectivity index (χ3v) is 14.6. The van der Waals surface area contributed by atoms with Gasteiger partial charge in [0, 0.05) is 43.9 Å². The maximum atomic E-state index is 13.4. The van der Waals surface area contributed by atoms with Crippen LogP contribution in [0.15, 0.2) is 24.3 Å². The van der Waals surface area contributed by atoms with Gasteiger partial charge in [0.25, 0.3) is 5.69 Å². The van der Waals surface area contributed by atoms with Crippen molar-refractivity contribution in [2.24, 2.45) is 11.8 Å². The van der Waals surface area contributed by atoms with Crippen LogP contribution in [0.25, 0.3) is 0 Å². The molecule has 2 saturated heterocycles. The Labute approximate surface area is 262 Å². The number of hydrogen-bond donors (Lipinski definition) is 1. The van der Waals surface area contributed by atoms with E-state index < -0.39 is 60.4 Å². The van der Waals surface area contributed by atoms with E-state index in [-0.39, 0.29) is 46.4 Å². The van der Waals surface area contributed by atoms with E-state index in [9.17, 15) is 34.1 Å². The first-order valence-corrected chi connectivity index (χ1v) is 18.2. The minimum Gasteiger partial charge on any atom is -0.413 e. The average molecular weight is 651 g/mol. The zero-order valence-corrected chi connectivity index (χ0v) is 28.4. The second kappa shape index (κ2) is 13.4. The molecule has 2 aliphatic heterocycles. The number of ether oxygens (including phenoxy) is 1. The van der Waals surface area contributed by atoms with Gasteiger partial charge in [-0.1, -0.05) is 39.5 Å². The predicted molar refractivity (Wildman–Crippen MR) is 166 cm³/mol. The van der Waals surface area contributed by atoms with Crippen molar-refractivity contribution >= 4 is 54.8 Å². The lowest BCUT2D eigenvalue weighted by Crippen LogP contribution is -2.66. The number of nitrogens with zero attached hydrogens (tertiary/aromatic N) is 3. The number of benzene rings is 1. The molecule has 3 amide bonds. The molecule has 2 heterocycles. The quantitative estimate of drug-likeness (QED) is 0.104. The number of nitrogens with one attached hydrogen (secondary N) is 1. The number of likely N-dealkylation sites (tertiary alicyclic amines) is 1. The lowest BCUT2D eigenvalue weighted by Gasteiger charge is -2.46. The summed E-state index contributed by atoms with van der Waals surface area (Å²) in [5.41, 5.74) is -0.300. The van der Waals surface area contributed by atoms with Crippen molar-refractivity contribution in [3.63, 3.8) is 0 Å². The van der Waals surface area contributed by atoms with Crippen LogP contribution in [0.1, 0.15) is 51.4 Å². The van der Waals surface area contributed by atoms with Gasteiger partial charge in [-0.15, -0.1) is 0 Å². The average Bonchev–Trinajstić information content (AvgIpc) is 3.33. The Hall–Kier alpha value is -3.30. The number of carbonyl (C=O) groups is 5. The van der Waals surface area contributed by atoms with E-state index in [4.69, 9.17) is 9.16 Å². The molecule has 1 aromatic carbocycles. The first kappa shape index (κ1) is 35.2. The Kier molecular flexibility index (Phi) is 10.7. The summed E-state index contributed by atoms with van der Waals surface area (Å²) in [5.74, 6) is -2.61. The number of rotatable bonds is 9. The maximum Gasteiger partial charge on any atom is 0.418 e. The van der Waals surface area contributed by atoms with Gasteiger partial charge in [-0.2, -0.15) is 0 Å². The maximum absolute atomic E-state index is 13.4. The number of nitro groups is 1. The van der Waals surface area contributed by atoms with Gasteiger partial charge in [0.1, 0.15) is 6.04 Å². The van der Waals surface area contributed by atoms with Gasteiger partial charge in [0.05, 0.1) is 28.6 Å². The molecule has 0 spiro atoms. The summed E-state index contributed by atoms with van der Waals surface area (Å²) >= 11 is 1.01. The zero-order chi connectivity index (χ0) is 33.3. The van der Waals surface area contributed by atoms with E-state index in [1.807, 2.05) is 6.92 Å². The van der Waals surface area contributed by atoms with Crippen molar-refractivity contribution in [3.8, 4) is 0 Å². The predicted octanol–water partition coefficient (Wildman–Crippen LogP) is 3.82. The van der Waals surface area contributed by atoms with E-state index in [1.165, 1.54) is 31.1 Å². The van der Waals surface area contributed by atoms with Crippen LogP contribution in [0.5, 0.6) is 0 Å². The molecule has 0 radical (unpaired) electrons. The van der Waals surface area contributed by atoms with E-state index in [2.05, 4.69) is 39.2 Å². The summed E-state index contributed by atoms with van der Waals surface area (Å²) in [6.45, 7) is 14.2. The van der Waals surface area contributed by atoms with Gasteiger partial charge in [0.15, 0.2) is 13.4 Å². The van der Waals surface area contributed by atoms with Crippen molar-refractivity contribution in [3.05, 3.63) is 39.9 Å². The number of esters is 1. The molecular formula is C29H42N4O9SSi. The van der Waals surface area contributed by atoms with Crippen molar-refractivity contribution in [1.82, 2.24) is 15.1 Å². The van der Waals surface area contributed by atoms with Crippen molar-refractivity contribution in [2.45, 2.75) is 82.6 Å². The second-order valence-corrected chi connectivity index (χ2v) is 19.1. The summed E-state index contributed by atoms with van der Waals surface area (Å²) in [5, 5.41) is 13.0. The Balaban J connectivity index is 1.68. The first-order valence-electron chi connectivity index (χ1n) is 14.4. The highest BCUT2D eigenvalue weighted by molar-refractivity contribution is 8.14. The molecule has 1 N–H and O–H groups in total. The standard InChI is InChI=1S/C29H42N4O9SSi/c1-16(23-22(24(34)30-23)17(2)42-44(8,9)29(3,4)5)27(37)43-20-14-21(25(35)31(6)7)32(15-20)28(38)41-26(36)18-10-12-19(13-11-18)33(39)40/h10-13,16-17,20-23H,14-15H2,1-9H3,(H,30,34)/t16-,17+,20+,21+,22-,23-/m1/s1. The SMILES string of the molecule is C[C@H](O[Si](C)(C)C(C)(C)C)[C@H]1C(=O)N[C@@H]1[C@@H](C)C(=O)S[C@H]1C[C@@H](C(=O)N(C)C)N(C(=O)OC(=O)c2ccc([N+](=O)[O-])cc2)C1. The molecule has 242 valence electrons. The highest BCUT2D eigenvalue weighted by Crippen LogP contribution is 2.40. The Morgan fingerprint density at radius 3 is 2.23 bits per heavy atom. The Bertz CT molecular complexity index is 1310.